The minimum absolute atomic E-state index is 0.0285. The fourth-order valence-corrected chi connectivity index (χ4v) is 1.93. The van der Waals surface area contributed by atoms with Gasteiger partial charge >= 0.3 is 0 Å². The standard InChI is InChI=1S/C16H21NO2/c1-5-11-7-6-8-12-9-14(19-15(11)12)13(18)10-17-16(2,3)4/h5-9,13,17-18H,1,10H2,2-4H3. The summed E-state index contributed by atoms with van der Waals surface area (Å²) in [6.07, 6.45) is 1.11. The molecule has 0 aliphatic carbocycles. The fourth-order valence-electron chi connectivity index (χ4n) is 1.93. The summed E-state index contributed by atoms with van der Waals surface area (Å²) in [5, 5.41) is 14.4. The van der Waals surface area contributed by atoms with Crippen molar-refractivity contribution in [1.29, 1.82) is 0 Å². The highest BCUT2D eigenvalue weighted by Gasteiger charge is 2.17. The Balaban J connectivity index is 2.23. The Bertz CT molecular complexity index is 578. The lowest BCUT2D eigenvalue weighted by atomic mass is 10.1. The van der Waals surface area contributed by atoms with Crippen LogP contribution in [0.15, 0.2) is 35.3 Å². The van der Waals surface area contributed by atoms with E-state index in [9.17, 15) is 5.11 Å². The zero-order chi connectivity index (χ0) is 14.0. The van der Waals surface area contributed by atoms with E-state index in [1.165, 1.54) is 0 Å². The van der Waals surface area contributed by atoms with Gasteiger partial charge in [0.15, 0.2) is 0 Å². The maximum Gasteiger partial charge on any atom is 0.141 e. The van der Waals surface area contributed by atoms with E-state index in [4.69, 9.17) is 4.42 Å². The zero-order valence-corrected chi connectivity index (χ0v) is 11.7. The van der Waals surface area contributed by atoms with E-state index in [-0.39, 0.29) is 5.54 Å². The lowest BCUT2D eigenvalue weighted by molar-refractivity contribution is 0.140. The van der Waals surface area contributed by atoms with Gasteiger partial charge in [-0.15, -0.1) is 0 Å². The number of para-hydroxylation sites is 1. The summed E-state index contributed by atoms with van der Waals surface area (Å²) in [5.41, 5.74) is 1.70. The number of β-amino-alcohol motifs (C(OH)–C–C–N with tert-alkyl or cyclic N) is 1. The van der Waals surface area contributed by atoms with Crippen LogP contribution in [0.5, 0.6) is 0 Å². The number of benzene rings is 1. The molecule has 2 aromatic rings. The van der Waals surface area contributed by atoms with E-state index in [2.05, 4.69) is 32.7 Å². The van der Waals surface area contributed by atoms with Gasteiger partial charge in [0.25, 0.3) is 0 Å². The monoisotopic (exact) mass is 259 g/mol. The maximum absolute atomic E-state index is 10.2. The Morgan fingerprint density at radius 2 is 2.16 bits per heavy atom. The average Bonchev–Trinajstić information content (AvgIpc) is 2.78. The van der Waals surface area contributed by atoms with E-state index < -0.39 is 6.10 Å². The van der Waals surface area contributed by atoms with Gasteiger partial charge in [-0.1, -0.05) is 30.9 Å². The van der Waals surface area contributed by atoms with Gasteiger partial charge in [0.05, 0.1) is 0 Å². The first-order chi connectivity index (χ1) is 8.90. The molecule has 1 heterocycles. The number of furan rings is 1. The van der Waals surface area contributed by atoms with Gasteiger partial charge in [0.1, 0.15) is 17.4 Å². The third-order valence-corrected chi connectivity index (χ3v) is 2.97. The first kappa shape index (κ1) is 13.8. The maximum atomic E-state index is 10.2. The van der Waals surface area contributed by atoms with E-state index in [0.29, 0.717) is 12.3 Å². The SMILES string of the molecule is C=Cc1cccc2cc(C(O)CNC(C)(C)C)oc12. The molecule has 0 bridgehead atoms. The molecule has 0 spiro atoms. The van der Waals surface area contributed by atoms with Gasteiger partial charge in [-0.05, 0) is 26.8 Å². The summed E-state index contributed by atoms with van der Waals surface area (Å²) in [4.78, 5) is 0. The topological polar surface area (TPSA) is 45.4 Å². The second kappa shape index (κ2) is 5.19. The van der Waals surface area contributed by atoms with Gasteiger partial charge in [-0.3, -0.25) is 0 Å². The summed E-state index contributed by atoms with van der Waals surface area (Å²) in [5.74, 6) is 0.584. The summed E-state index contributed by atoms with van der Waals surface area (Å²) in [6.45, 7) is 10.4. The van der Waals surface area contributed by atoms with Crippen LogP contribution < -0.4 is 5.32 Å². The number of fused-ring (bicyclic) bond motifs is 1. The Morgan fingerprint density at radius 3 is 2.79 bits per heavy atom. The molecule has 102 valence electrons. The second-order valence-corrected chi connectivity index (χ2v) is 5.77. The number of nitrogens with one attached hydrogen (secondary N) is 1. The number of aliphatic hydroxyl groups is 1. The summed E-state index contributed by atoms with van der Waals surface area (Å²) in [6, 6.07) is 7.76. The molecule has 1 unspecified atom stereocenters. The van der Waals surface area contributed by atoms with Crippen LogP contribution in [0, 0.1) is 0 Å². The van der Waals surface area contributed by atoms with Crippen LogP contribution in [0.25, 0.3) is 17.0 Å². The van der Waals surface area contributed by atoms with Crippen LogP contribution in [0.2, 0.25) is 0 Å². The summed E-state index contributed by atoms with van der Waals surface area (Å²) in [7, 11) is 0. The zero-order valence-electron chi connectivity index (χ0n) is 11.7. The first-order valence-electron chi connectivity index (χ1n) is 6.49. The molecule has 1 aromatic carbocycles. The van der Waals surface area contributed by atoms with Crippen molar-refractivity contribution in [2.45, 2.75) is 32.4 Å². The lowest BCUT2D eigenvalue weighted by Crippen LogP contribution is -2.38. The normalized spacial score (nSPS) is 13.7. The minimum Gasteiger partial charge on any atom is -0.458 e. The molecule has 3 nitrogen and oxygen atoms in total. The largest absolute Gasteiger partial charge is 0.458 e. The molecule has 0 aliphatic rings. The van der Waals surface area contributed by atoms with E-state index in [1.807, 2.05) is 24.3 Å². The molecule has 2 rings (SSSR count). The van der Waals surface area contributed by atoms with Crippen LogP contribution in [-0.4, -0.2) is 17.2 Å². The van der Waals surface area contributed by atoms with Crippen molar-refractivity contribution in [2.24, 2.45) is 0 Å². The van der Waals surface area contributed by atoms with Crippen molar-refractivity contribution in [1.82, 2.24) is 5.32 Å². The van der Waals surface area contributed by atoms with Gasteiger partial charge < -0.3 is 14.8 Å². The molecule has 0 radical (unpaired) electrons. The Hall–Kier alpha value is -1.58. The lowest BCUT2D eigenvalue weighted by Gasteiger charge is -2.22. The fraction of sp³-hybridized carbons (Fsp3) is 0.375. The summed E-state index contributed by atoms with van der Waals surface area (Å²) < 4.78 is 5.76. The smallest absolute Gasteiger partial charge is 0.141 e. The molecule has 0 aliphatic heterocycles. The van der Waals surface area contributed by atoms with Crippen molar-refractivity contribution in [2.75, 3.05) is 6.54 Å². The van der Waals surface area contributed by atoms with Gasteiger partial charge in [-0.2, -0.15) is 0 Å². The number of hydrogen-bond donors (Lipinski definition) is 2. The predicted molar refractivity (Wildman–Crippen MR) is 79.0 cm³/mol. The highest BCUT2D eigenvalue weighted by Crippen LogP contribution is 2.27. The van der Waals surface area contributed by atoms with Gasteiger partial charge in [0.2, 0.25) is 0 Å². The molecule has 0 saturated carbocycles. The van der Waals surface area contributed by atoms with Crippen LogP contribution in [-0.2, 0) is 0 Å². The Kier molecular flexibility index (Phi) is 3.78. The molecule has 0 amide bonds. The van der Waals surface area contributed by atoms with E-state index >= 15 is 0 Å². The van der Waals surface area contributed by atoms with Crippen molar-refractivity contribution >= 4 is 17.0 Å². The van der Waals surface area contributed by atoms with Crippen LogP contribution >= 0.6 is 0 Å². The first-order valence-corrected chi connectivity index (χ1v) is 6.49. The average molecular weight is 259 g/mol. The quantitative estimate of drug-likeness (QED) is 0.883. The third kappa shape index (κ3) is 3.25. The highest BCUT2D eigenvalue weighted by atomic mass is 16.4. The Morgan fingerprint density at radius 1 is 1.42 bits per heavy atom. The molecule has 0 fully saturated rings. The van der Waals surface area contributed by atoms with Crippen LogP contribution in [0.4, 0.5) is 0 Å². The summed E-state index contributed by atoms with van der Waals surface area (Å²) >= 11 is 0. The van der Waals surface area contributed by atoms with Crippen molar-refractivity contribution in [3.05, 3.63) is 42.2 Å². The van der Waals surface area contributed by atoms with Gasteiger partial charge in [-0.25, -0.2) is 0 Å². The highest BCUT2D eigenvalue weighted by molar-refractivity contribution is 5.86. The van der Waals surface area contributed by atoms with Crippen LogP contribution in [0.1, 0.15) is 38.2 Å². The van der Waals surface area contributed by atoms with Crippen molar-refractivity contribution < 1.29 is 9.52 Å². The minimum atomic E-state index is -0.649. The van der Waals surface area contributed by atoms with Crippen molar-refractivity contribution in [3.8, 4) is 0 Å². The van der Waals surface area contributed by atoms with E-state index in [0.717, 1.165) is 16.5 Å². The second-order valence-electron chi connectivity index (χ2n) is 5.77. The van der Waals surface area contributed by atoms with E-state index in [1.54, 1.807) is 6.08 Å². The molecule has 0 saturated heterocycles. The molecule has 1 atom stereocenters. The molecular formula is C16H21NO2. The number of aliphatic hydroxyl groups excluding tert-OH is 1. The molecule has 2 N–H and O–H groups in total. The predicted octanol–water partition coefficient (Wildman–Crippen LogP) is 3.50. The number of hydrogen-bond acceptors (Lipinski definition) is 3. The van der Waals surface area contributed by atoms with Crippen LogP contribution in [0.3, 0.4) is 0 Å². The molecular weight excluding hydrogens is 238 g/mol. The van der Waals surface area contributed by atoms with Gasteiger partial charge in [0, 0.05) is 23.0 Å². The number of rotatable bonds is 4. The Labute approximate surface area is 113 Å². The molecule has 19 heavy (non-hydrogen) atoms. The molecule has 3 heteroatoms. The van der Waals surface area contributed by atoms with Crippen molar-refractivity contribution in [3.63, 3.8) is 0 Å². The molecule has 1 aromatic heterocycles. The third-order valence-electron chi connectivity index (χ3n) is 2.97.